The fourth-order valence-electron chi connectivity index (χ4n) is 3.33. The molecule has 0 bridgehead atoms. The third-order valence-electron chi connectivity index (χ3n) is 4.88. The van der Waals surface area contributed by atoms with Crippen LogP contribution in [0.4, 0.5) is 0 Å². The molecule has 1 aliphatic carbocycles. The van der Waals surface area contributed by atoms with E-state index in [0.29, 0.717) is 12.5 Å². The smallest absolute Gasteiger partial charge is 0.226 e. The fourth-order valence-corrected chi connectivity index (χ4v) is 4.39. The number of aromatic nitrogens is 1. The van der Waals surface area contributed by atoms with Gasteiger partial charge in [0, 0.05) is 13.0 Å². The van der Waals surface area contributed by atoms with E-state index in [2.05, 4.69) is 18.0 Å². The second-order valence-electron chi connectivity index (χ2n) is 6.18. The lowest BCUT2D eigenvalue weighted by atomic mass is 9.94. The van der Waals surface area contributed by atoms with Crippen LogP contribution >= 0.6 is 11.3 Å². The molecule has 5 heteroatoms. The van der Waals surface area contributed by atoms with E-state index >= 15 is 0 Å². The van der Waals surface area contributed by atoms with Crippen molar-refractivity contribution in [2.24, 2.45) is 17.6 Å². The van der Waals surface area contributed by atoms with Gasteiger partial charge >= 0.3 is 0 Å². The highest BCUT2D eigenvalue weighted by Gasteiger charge is 2.35. The Labute approximate surface area is 135 Å². The van der Waals surface area contributed by atoms with Crippen LogP contribution in [0, 0.1) is 11.8 Å². The van der Waals surface area contributed by atoms with E-state index < -0.39 is 0 Å². The predicted molar refractivity (Wildman–Crippen MR) is 90.7 cm³/mol. The standard InChI is InChI=1S/C17H23N3OS/c1-11(16-19-14-8-3-4-9-15(14)22-16)20(2)17(21)13-7-5-6-12(13)10-18/h3-4,8-9,11-13H,5-7,10,18H2,1-2H3/t11?,12-,13-/m1/s1. The first-order valence-corrected chi connectivity index (χ1v) is 8.75. The lowest BCUT2D eigenvalue weighted by molar-refractivity contribution is -0.137. The molecule has 1 fully saturated rings. The molecule has 0 aliphatic heterocycles. The molecule has 0 saturated heterocycles. The summed E-state index contributed by atoms with van der Waals surface area (Å²) in [6, 6.07) is 8.12. The highest BCUT2D eigenvalue weighted by Crippen LogP contribution is 2.35. The van der Waals surface area contributed by atoms with Crippen LogP contribution in [0.1, 0.15) is 37.2 Å². The van der Waals surface area contributed by atoms with Crippen molar-refractivity contribution in [3.05, 3.63) is 29.3 Å². The van der Waals surface area contributed by atoms with Gasteiger partial charge in [0.2, 0.25) is 5.91 Å². The van der Waals surface area contributed by atoms with Crippen LogP contribution in [0.2, 0.25) is 0 Å². The highest BCUT2D eigenvalue weighted by atomic mass is 32.1. The lowest BCUT2D eigenvalue weighted by Crippen LogP contribution is -2.38. The maximum atomic E-state index is 12.8. The van der Waals surface area contributed by atoms with Gasteiger partial charge in [-0.2, -0.15) is 0 Å². The molecule has 4 nitrogen and oxygen atoms in total. The van der Waals surface area contributed by atoms with Gasteiger partial charge in [0.05, 0.1) is 16.3 Å². The average molecular weight is 317 g/mol. The second kappa shape index (κ2) is 6.34. The zero-order valence-corrected chi connectivity index (χ0v) is 14.0. The molecule has 118 valence electrons. The Bertz CT molecular complexity index is 636. The van der Waals surface area contributed by atoms with E-state index in [-0.39, 0.29) is 17.9 Å². The number of para-hydroxylation sites is 1. The van der Waals surface area contributed by atoms with E-state index in [4.69, 9.17) is 5.73 Å². The average Bonchev–Trinajstić information content (AvgIpc) is 3.18. The molecule has 3 atom stereocenters. The Morgan fingerprint density at radius 1 is 1.45 bits per heavy atom. The minimum atomic E-state index is 0.00363. The van der Waals surface area contributed by atoms with Gasteiger partial charge < -0.3 is 10.6 Å². The van der Waals surface area contributed by atoms with Crippen molar-refractivity contribution in [3.63, 3.8) is 0 Å². The minimum Gasteiger partial charge on any atom is -0.336 e. The van der Waals surface area contributed by atoms with Gasteiger partial charge in [-0.3, -0.25) is 4.79 Å². The second-order valence-corrected chi connectivity index (χ2v) is 7.24. The van der Waals surface area contributed by atoms with Gasteiger partial charge in [-0.25, -0.2) is 4.98 Å². The summed E-state index contributed by atoms with van der Waals surface area (Å²) in [6.45, 7) is 2.67. The summed E-state index contributed by atoms with van der Waals surface area (Å²) >= 11 is 1.67. The van der Waals surface area contributed by atoms with Gasteiger partial charge in [0.15, 0.2) is 0 Å². The van der Waals surface area contributed by atoms with Crippen LogP contribution in [-0.4, -0.2) is 29.4 Å². The van der Waals surface area contributed by atoms with E-state index in [0.717, 1.165) is 29.8 Å². The van der Waals surface area contributed by atoms with Crippen molar-refractivity contribution >= 4 is 27.5 Å². The molecule has 1 unspecified atom stereocenters. The lowest BCUT2D eigenvalue weighted by Gasteiger charge is -2.28. The van der Waals surface area contributed by atoms with Crippen molar-refractivity contribution in [2.45, 2.75) is 32.2 Å². The molecule has 1 amide bonds. The van der Waals surface area contributed by atoms with Crippen molar-refractivity contribution in [1.82, 2.24) is 9.88 Å². The number of fused-ring (bicyclic) bond motifs is 1. The number of carbonyl (C=O) groups is 1. The third kappa shape index (κ3) is 2.75. The van der Waals surface area contributed by atoms with Gasteiger partial charge in [-0.1, -0.05) is 18.6 Å². The molecular formula is C17H23N3OS. The summed E-state index contributed by atoms with van der Waals surface area (Å²) < 4.78 is 1.17. The Hall–Kier alpha value is -1.46. The van der Waals surface area contributed by atoms with Crippen LogP contribution < -0.4 is 5.73 Å². The van der Waals surface area contributed by atoms with Gasteiger partial charge in [-0.15, -0.1) is 11.3 Å². The topological polar surface area (TPSA) is 59.2 Å². The van der Waals surface area contributed by atoms with Crippen LogP contribution in [0.3, 0.4) is 0 Å². The molecular weight excluding hydrogens is 294 g/mol. The Kier molecular flexibility index (Phi) is 4.45. The summed E-state index contributed by atoms with van der Waals surface area (Å²) in [5.74, 6) is 0.657. The number of hydrogen-bond donors (Lipinski definition) is 1. The largest absolute Gasteiger partial charge is 0.336 e. The number of amides is 1. The summed E-state index contributed by atoms with van der Waals surface area (Å²) in [5.41, 5.74) is 6.83. The van der Waals surface area contributed by atoms with Crippen molar-refractivity contribution in [2.75, 3.05) is 13.6 Å². The molecule has 1 aromatic heterocycles. The van der Waals surface area contributed by atoms with E-state index in [9.17, 15) is 4.79 Å². The van der Waals surface area contributed by atoms with Crippen LogP contribution in [0.5, 0.6) is 0 Å². The molecule has 1 aromatic carbocycles. The number of nitrogens with two attached hydrogens (primary N) is 1. The van der Waals surface area contributed by atoms with Crippen LogP contribution in [-0.2, 0) is 4.79 Å². The van der Waals surface area contributed by atoms with E-state index in [1.54, 1.807) is 11.3 Å². The Balaban J connectivity index is 1.78. The highest BCUT2D eigenvalue weighted by molar-refractivity contribution is 7.18. The molecule has 3 rings (SSSR count). The maximum absolute atomic E-state index is 12.8. The molecule has 1 saturated carbocycles. The van der Waals surface area contributed by atoms with E-state index in [1.165, 1.54) is 4.70 Å². The Morgan fingerprint density at radius 3 is 2.95 bits per heavy atom. The first-order valence-electron chi connectivity index (χ1n) is 7.94. The number of benzene rings is 1. The van der Waals surface area contributed by atoms with Gasteiger partial charge in [-0.05, 0) is 44.4 Å². The molecule has 0 radical (unpaired) electrons. The maximum Gasteiger partial charge on any atom is 0.226 e. The first kappa shape index (κ1) is 15.4. The van der Waals surface area contributed by atoms with Crippen LogP contribution in [0.25, 0.3) is 10.2 Å². The van der Waals surface area contributed by atoms with Crippen LogP contribution in [0.15, 0.2) is 24.3 Å². The number of carbonyl (C=O) groups excluding carboxylic acids is 1. The number of hydrogen-bond acceptors (Lipinski definition) is 4. The van der Waals surface area contributed by atoms with Gasteiger partial charge in [0.25, 0.3) is 0 Å². The fraction of sp³-hybridized carbons (Fsp3) is 0.529. The van der Waals surface area contributed by atoms with Crippen molar-refractivity contribution in [3.8, 4) is 0 Å². The van der Waals surface area contributed by atoms with E-state index in [1.807, 2.05) is 30.1 Å². The normalized spacial score (nSPS) is 22.9. The number of rotatable bonds is 4. The minimum absolute atomic E-state index is 0.00363. The molecule has 2 N–H and O–H groups in total. The summed E-state index contributed by atoms with van der Waals surface area (Å²) in [5, 5.41) is 0.999. The Morgan fingerprint density at radius 2 is 2.23 bits per heavy atom. The summed E-state index contributed by atoms with van der Waals surface area (Å²) in [6.07, 6.45) is 3.16. The van der Waals surface area contributed by atoms with Crippen molar-refractivity contribution in [1.29, 1.82) is 0 Å². The SMILES string of the molecule is CC(c1nc2ccccc2s1)N(C)C(=O)[C@@H]1CCC[C@@H]1CN. The summed E-state index contributed by atoms with van der Waals surface area (Å²) in [4.78, 5) is 19.3. The molecule has 1 heterocycles. The van der Waals surface area contributed by atoms with Crippen molar-refractivity contribution < 1.29 is 4.79 Å². The molecule has 22 heavy (non-hydrogen) atoms. The zero-order chi connectivity index (χ0) is 15.7. The summed E-state index contributed by atoms with van der Waals surface area (Å²) in [7, 11) is 1.89. The zero-order valence-electron chi connectivity index (χ0n) is 13.2. The predicted octanol–water partition coefficient (Wildman–Crippen LogP) is 3.19. The quantitative estimate of drug-likeness (QED) is 0.942. The molecule has 1 aliphatic rings. The third-order valence-corrected chi connectivity index (χ3v) is 6.08. The number of nitrogens with zero attached hydrogens (tertiary/aromatic N) is 2. The number of thiazole rings is 1. The molecule has 0 spiro atoms. The monoisotopic (exact) mass is 317 g/mol. The molecule has 2 aromatic rings. The van der Waals surface area contributed by atoms with Gasteiger partial charge in [0.1, 0.15) is 5.01 Å². The first-order chi connectivity index (χ1) is 10.6.